The highest BCUT2D eigenvalue weighted by molar-refractivity contribution is 7.92. The zero-order valence-corrected chi connectivity index (χ0v) is 12.7. The van der Waals surface area contributed by atoms with Crippen molar-refractivity contribution in [1.82, 2.24) is 10.2 Å². The van der Waals surface area contributed by atoms with Gasteiger partial charge in [0.2, 0.25) is 10.0 Å². The summed E-state index contributed by atoms with van der Waals surface area (Å²) in [6.45, 7) is 0. The molecule has 0 aliphatic rings. The van der Waals surface area contributed by atoms with Gasteiger partial charge in [-0.3, -0.25) is 9.82 Å². The van der Waals surface area contributed by atoms with E-state index in [2.05, 4.69) is 14.9 Å². The minimum absolute atomic E-state index is 0.520. The van der Waals surface area contributed by atoms with Crippen molar-refractivity contribution in [2.75, 3.05) is 11.0 Å². The van der Waals surface area contributed by atoms with Crippen molar-refractivity contribution >= 4 is 38.2 Å². The Labute approximate surface area is 127 Å². The lowest BCUT2D eigenvalue weighted by molar-refractivity contribution is 0.607. The van der Waals surface area contributed by atoms with Crippen LogP contribution < -0.4 is 4.72 Å². The van der Waals surface area contributed by atoms with Gasteiger partial charge in [-0.15, -0.1) is 0 Å². The maximum absolute atomic E-state index is 11.2. The number of nitrogens with one attached hydrogen (secondary N) is 2. The molecule has 0 spiro atoms. The summed E-state index contributed by atoms with van der Waals surface area (Å²) in [5.41, 5.74) is 3.25. The molecule has 0 aliphatic heterocycles. The van der Waals surface area contributed by atoms with Crippen LogP contribution in [0, 0.1) is 0 Å². The van der Waals surface area contributed by atoms with Gasteiger partial charge < -0.3 is 0 Å². The van der Waals surface area contributed by atoms with Crippen LogP contribution in [0.2, 0.25) is 5.02 Å². The summed E-state index contributed by atoms with van der Waals surface area (Å²) in [6.07, 6.45) is 2.86. The molecular weight excluding hydrogens is 310 g/mol. The number of aromatic nitrogens is 2. The van der Waals surface area contributed by atoms with Gasteiger partial charge in [0.1, 0.15) is 0 Å². The molecule has 21 heavy (non-hydrogen) atoms. The molecule has 2 N–H and O–H groups in total. The Bertz CT molecular complexity index is 902. The summed E-state index contributed by atoms with van der Waals surface area (Å²) in [5, 5.41) is 8.48. The molecular formula is C14H12ClN3O2S. The van der Waals surface area contributed by atoms with E-state index in [0.29, 0.717) is 10.7 Å². The Balaban J connectivity index is 2.05. The minimum atomic E-state index is -3.27. The van der Waals surface area contributed by atoms with Crippen LogP contribution in [0.5, 0.6) is 0 Å². The molecule has 0 fully saturated rings. The molecule has 3 aromatic rings. The Hall–Kier alpha value is -2.05. The zero-order chi connectivity index (χ0) is 15.0. The van der Waals surface area contributed by atoms with E-state index in [9.17, 15) is 8.42 Å². The van der Waals surface area contributed by atoms with E-state index in [4.69, 9.17) is 11.6 Å². The van der Waals surface area contributed by atoms with Gasteiger partial charge in [0, 0.05) is 16.1 Å². The number of rotatable bonds is 3. The SMILES string of the molecule is CS(=O)(=O)Nc1ccc(-c2cc(Cl)cc3[nH]ncc23)cc1. The first-order valence-electron chi connectivity index (χ1n) is 6.13. The van der Waals surface area contributed by atoms with Gasteiger partial charge in [-0.25, -0.2) is 8.42 Å². The lowest BCUT2D eigenvalue weighted by Gasteiger charge is -2.07. The summed E-state index contributed by atoms with van der Waals surface area (Å²) < 4.78 is 24.8. The van der Waals surface area contributed by atoms with E-state index in [1.165, 1.54) is 0 Å². The van der Waals surface area contributed by atoms with Gasteiger partial charge in [-0.1, -0.05) is 23.7 Å². The third-order valence-electron chi connectivity index (χ3n) is 3.02. The maximum atomic E-state index is 11.2. The predicted octanol–water partition coefficient (Wildman–Crippen LogP) is 3.25. The van der Waals surface area contributed by atoms with Crippen LogP contribution in [0.3, 0.4) is 0 Å². The Morgan fingerprint density at radius 3 is 2.57 bits per heavy atom. The number of H-pyrrole nitrogens is 1. The summed E-state index contributed by atoms with van der Waals surface area (Å²) in [5.74, 6) is 0. The molecule has 0 bridgehead atoms. The second kappa shape index (κ2) is 5.05. The molecule has 0 radical (unpaired) electrons. The number of fused-ring (bicyclic) bond motifs is 1. The highest BCUT2D eigenvalue weighted by Crippen LogP contribution is 2.31. The normalized spacial score (nSPS) is 11.7. The van der Waals surface area contributed by atoms with Gasteiger partial charge in [-0.2, -0.15) is 5.10 Å². The fourth-order valence-electron chi connectivity index (χ4n) is 2.19. The first kappa shape index (κ1) is 13.9. The van der Waals surface area contributed by atoms with Crippen molar-refractivity contribution in [1.29, 1.82) is 0 Å². The van der Waals surface area contributed by atoms with Crippen LogP contribution in [0.4, 0.5) is 5.69 Å². The molecule has 0 aliphatic carbocycles. The monoisotopic (exact) mass is 321 g/mol. The minimum Gasteiger partial charge on any atom is -0.284 e. The van der Waals surface area contributed by atoms with Crippen LogP contribution in [-0.4, -0.2) is 24.9 Å². The summed E-state index contributed by atoms with van der Waals surface area (Å²) in [7, 11) is -3.27. The average Bonchev–Trinajstić information content (AvgIpc) is 2.85. The predicted molar refractivity (Wildman–Crippen MR) is 85.0 cm³/mol. The van der Waals surface area contributed by atoms with Gasteiger partial charge >= 0.3 is 0 Å². The molecule has 5 nitrogen and oxygen atoms in total. The molecule has 7 heteroatoms. The van der Waals surface area contributed by atoms with Crippen molar-refractivity contribution in [2.45, 2.75) is 0 Å². The molecule has 0 saturated heterocycles. The van der Waals surface area contributed by atoms with E-state index < -0.39 is 10.0 Å². The summed E-state index contributed by atoms with van der Waals surface area (Å²) in [4.78, 5) is 0. The highest BCUT2D eigenvalue weighted by Gasteiger charge is 2.08. The molecule has 0 unspecified atom stereocenters. The van der Waals surface area contributed by atoms with Crippen LogP contribution in [-0.2, 0) is 10.0 Å². The van der Waals surface area contributed by atoms with Gasteiger partial charge in [-0.05, 0) is 35.4 Å². The lowest BCUT2D eigenvalue weighted by Crippen LogP contribution is -2.09. The zero-order valence-electron chi connectivity index (χ0n) is 11.1. The number of nitrogens with zero attached hydrogens (tertiary/aromatic N) is 1. The number of anilines is 1. The fraction of sp³-hybridized carbons (Fsp3) is 0.0714. The van der Waals surface area contributed by atoms with E-state index >= 15 is 0 Å². The third kappa shape index (κ3) is 3.01. The van der Waals surface area contributed by atoms with Crippen LogP contribution >= 0.6 is 11.6 Å². The van der Waals surface area contributed by atoms with E-state index in [1.807, 2.05) is 24.3 Å². The van der Waals surface area contributed by atoms with Crippen molar-refractivity contribution in [3.8, 4) is 11.1 Å². The molecule has 1 heterocycles. The van der Waals surface area contributed by atoms with E-state index in [-0.39, 0.29) is 0 Å². The molecule has 0 saturated carbocycles. The number of benzene rings is 2. The van der Waals surface area contributed by atoms with Crippen LogP contribution in [0.15, 0.2) is 42.6 Å². The fourth-order valence-corrected chi connectivity index (χ4v) is 2.97. The van der Waals surface area contributed by atoms with Crippen molar-refractivity contribution in [3.05, 3.63) is 47.6 Å². The quantitative estimate of drug-likeness (QED) is 0.777. The first-order valence-corrected chi connectivity index (χ1v) is 8.40. The Morgan fingerprint density at radius 2 is 1.90 bits per heavy atom. The molecule has 1 aromatic heterocycles. The maximum Gasteiger partial charge on any atom is 0.229 e. The van der Waals surface area contributed by atoms with Crippen molar-refractivity contribution in [2.24, 2.45) is 0 Å². The van der Waals surface area contributed by atoms with Crippen LogP contribution in [0.25, 0.3) is 22.0 Å². The number of hydrogen-bond donors (Lipinski definition) is 2. The molecule has 0 atom stereocenters. The summed E-state index contributed by atoms with van der Waals surface area (Å²) in [6, 6.07) is 10.8. The summed E-state index contributed by atoms with van der Waals surface area (Å²) >= 11 is 6.11. The Morgan fingerprint density at radius 1 is 1.19 bits per heavy atom. The van der Waals surface area contributed by atoms with Crippen molar-refractivity contribution < 1.29 is 8.42 Å². The topological polar surface area (TPSA) is 74.8 Å². The number of hydrogen-bond acceptors (Lipinski definition) is 3. The van der Waals surface area contributed by atoms with E-state index in [0.717, 1.165) is 28.3 Å². The molecule has 108 valence electrons. The largest absolute Gasteiger partial charge is 0.284 e. The number of sulfonamides is 1. The van der Waals surface area contributed by atoms with Gasteiger partial charge in [0.05, 0.1) is 18.0 Å². The second-order valence-electron chi connectivity index (χ2n) is 4.74. The molecule has 3 rings (SSSR count). The van der Waals surface area contributed by atoms with Crippen LogP contribution in [0.1, 0.15) is 0 Å². The smallest absolute Gasteiger partial charge is 0.229 e. The average molecular weight is 322 g/mol. The lowest BCUT2D eigenvalue weighted by atomic mass is 10.0. The molecule has 2 aromatic carbocycles. The van der Waals surface area contributed by atoms with Gasteiger partial charge in [0.25, 0.3) is 0 Å². The number of aromatic amines is 1. The van der Waals surface area contributed by atoms with Crippen molar-refractivity contribution in [3.63, 3.8) is 0 Å². The number of halogens is 1. The van der Waals surface area contributed by atoms with E-state index in [1.54, 1.807) is 18.3 Å². The highest BCUT2D eigenvalue weighted by atomic mass is 35.5. The third-order valence-corrected chi connectivity index (χ3v) is 3.85. The van der Waals surface area contributed by atoms with Gasteiger partial charge in [0.15, 0.2) is 0 Å². The Kier molecular flexibility index (Phi) is 3.35. The molecule has 0 amide bonds. The standard InChI is InChI=1S/C14H12ClN3O2S/c1-21(19,20)18-11-4-2-9(3-5-11)12-6-10(15)7-14-13(12)8-16-17-14/h2-8,18H,1H3,(H,16,17). The second-order valence-corrected chi connectivity index (χ2v) is 6.92. The first-order chi connectivity index (χ1) is 9.92.